The molecule has 0 unspecified atom stereocenters. The number of nitrogens with zero attached hydrogens (tertiary/aromatic N) is 3. The topological polar surface area (TPSA) is 65.0 Å². The maximum Gasteiger partial charge on any atom is 0.130 e. The molecule has 1 N–H and O–H groups in total. The Morgan fingerprint density at radius 1 is 0.943 bits per heavy atom. The van der Waals surface area contributed by atoms with E-state index in [2.05, 4.69) is 57.6 Å². The lowest BCUT2D eigenvalue weighted by Gasteiger charge is -2.09. The van der Waals surface area contributed by atoms with Crippen LogP contribution in [-0.4, -0.2) is 26.9 Å². The average Bonchev–Trinajstić information content (AvgIpc) is 3.51. The van der Waals surface area contributed by atoms with Gasteiger partial charge in [0.1, 0.15) is 18.1 Å². The summed E-state index contributed by atoms with van der Waals surface area (Å²) in [4.78, 5) is 7.54. The van der Waals surface area contributed by atoms with E-state index in [0.717, 1.165) is 45.2 Å². The maximum absolute atomic E-state index is 5.86. The molecule has 0 aliphatic rings. The van der Waals surface area contributed by atoms with Crippen molar-refractivity contribution in [2.45, 2.75) is 6.61 Å². The number of aryl methyl sites for hydroxylation is 1. The number of methoxy groups -OCH3 is 1. The minimum Gasteiger partial charge on any atom is -0.496 e. The van der Waals surface area contributed by atoms with Crippen LogP contribution in [0.25, 0.3) is 35.2 Å². The summed E-state index contributed by atoms with van der Waals surface area (Å²) in [6, 6.07) is 22.0. The smallest absolute Gasteiger partial charge is 0.130 e. The highest BCUT2D eigenvalue weighted by Gasteiger charge is 2.05. The highest BCUT2D eigenvalue weighted by atomic mass is 16.5. The third kappa shape index (κ3) is 5.33. The van der Waals surface area contributed by atoms with Crippen molar-refractivity contribution < 1.29 is 9.47 Å². The standard InChI is InChI=1S/C29H26N4O2/c1-33-26(12-7-21-6-8-22-14-16-31-28(22)17-21)18-24(32-33)11-9-23-10-13-27(19-29(23)34-2)35-20-25-5-3-4-15-30-25/h3-19,31H,20H2,1-2H3. The van der Waals surface area contributed by atoms with Gasteiger partial charge < -0.3 is 14.5 Å². The Morgan fingerprint density at radius 2 is 1.89 bits per heavy atom. The molecule has 0 fully saturated rings. The van der Waals surface area contributed by atoms with Crippen LogP contribution in [0.4, 0.5) is 0 Å². The summed E-state index contributed by atoms with van der Waals surface area (Å²) in [6.45, 7) is 0.405. The minimum atomic E-state index is 0.405. The molecule has 5 aromatic rings. The fourth-order valence-electron chi connectivity index (χ4n) is 3.83. The molecule has 35 heavy (non-hydrogen) atoms. The van der Waals surface area contributed by atoms with Gasteiger partial charge in [0, 0.05) is 36.6 Å². The van der Waals surface area contributed by atoms with Crippen LogP contribution in [0.15, 0.2) is 79.1 Å². The van der Waals surface area contributed by atoms with E-state index >= 15 is 0 Å². The van der Waals surface area contributed by atoms with Crippen LogP contribution in [0.2, 0.25) is 0 Å². The van der Waals surface area contributed by atoms with Crippen molar-refractivity contribution in [2.75, 3.05) is 7.11 Å². The Morgan fingerprint density at radius 3 is 2.74 bits per heavy atom. The van der Waals surface area contributed by atoms with Gasteiger partial charge in [-0.2, -0.15) is 5.10 Å². The van der Waals surface area contributed by atoms with Crippen LogP contribution < -0.4 is 9.47 Å². The Hall–Kier alpha value is -4.58. The van der Waals surface area contributed by atoms with Gasteiger partial charge in [-0.25, -0.2) is 0 Å². The molecule has 0 radical (unpaired) electrons. The van der Waals surface area contributed by atoms with Crippen LogP contribution in [0.1, 0.15) is 28.2 Å². The summed E-state index contributed by atoms with van der Waals surface area (Å²) in [7, 11) is 3.60. The molecular formula is C29H26N4O2. The number of benzene rings is 2. The van der Waals surface area contributed by atoms with Crippen LogP contribution in [-0.2, 0) is 13.7 Å². The number of aromatic nitrogens is 4. The van der Waals surface area contributed by atoms with Crippen molar-refractivity contribution in [3.05, 3.63) is 107 Å². The van der Waals surface area contributed by atoms with E-state index in [-0.39, 0.29) is 0 Å². The van der Waals surface area contributed by atoms with E-state index < -0.39 is 0 Å². The van der Waals surface area contributed by atoms with Crippen LogP contribution in [0.5, 0.6) is 11.5 Å². The van der Waals surface area contributed by atoms with E-state index in [4.69, 9.17) is 9.47 Å². The van der Waals surface area contributed by atoms with Crippen molar-refractivity contribution in [1.29, 1.82) is 0 Å². The zero-order valence-electron chi connectivity index (χ0n) is 19.7. The Kier molecular flexibility index (Phi) is 6.44. The second-order valence-electron chi connectivity index (χ2n) is 8.12. The molecule has 0 aliphatic heterocycles. The summed E-state index contributed by atoms with van der Waals surface area (Å²) in [5.41, 5.74) is 5.96. The molecule has 5 rings (SSSR count). The largest absolute Gasteiger partial charge is 0.496 e. The molecule has 6 nitrogen and oxygen atoms in total. The van der Waals surface area contributed by atoms with Crippen molar-refractivity contribution in [3.63, 3.8) is 0 Å². The first-order valence-electron chi connectivity index (χ1n) is 11.4. The number of nitrogens with one attached hydrogen (secondary N) is 1. The van der Waals surface area contributed by atoms with Gasteiger partial charge in [-0.1, -0.05) is 24.3 Å². The predicted molar refractivity (Wildman–Crippen MR) is 141 cm³/mol. The maximum atomic E-state index is 5.86. The van der Waals surface area contributed by atoms with Crippen LogP contribution >= 0.6 is 0 Å². The zero-order valence-corrected chi connectivity index (χ0v) is 19.7. The van der Waals surface area contributed by atoms with Crippen molar-refractivity contribution in [1.82, 2.24) is 19.7 Å². The zero-order chi connectivity index (χ0) is 24.0. The number of hydrogen-bond donors (Lipinski definition) is 1. The molecule has 6 heteroatoms. The number of pyridine rings is 1. The van der Waals surface area contributed by atoms with Gasteiger partial charge >= 0.3 is 0 Å². The van der Waals surface area contributed by atoms with E-state index in [1.54, 1.807) is 13.3 Å². The highest BCUT2D eigenvalue weighted by Crippen LogP contribution is 2.27. The molecule has 0 saturated carbocycles. The monoisotopic (exact) mass is 462 g/mol. The fourth-order valence-corrected chi connectivity index (χ4v) is 3.83. The Bertz CT molecular complexity index is 1500. The van der Waals surface area contributed by atoms with Crippen LogP contribution in [0, 0.1) is 0 Å². The summed E-state index contributed by atoms with van der Waals surface area (Å²) >= 11 is 0. The first-order valence-corrected chi connectivity index (χ1v) is 11.4. The van der Waals surface area contributed by atoms with Crippen molar-refractivity contribution in [2.24, 2.45) is 7.05 Å². The van der Waals surface area contributed by atoms with Crippen molar-refractivity contribution >= 4 is 35.2 Å². The number of H-pyrrole nitrogens is 1. The molecule has 0 amide bonds. The Labute approximate surface area is 204 Å². The second kappa shape index (κ2) is 10.1. The van der Waals surface area contributed by atoms with Gasteiger partial charge in [0.25, 0.3) is 0 Å². The number of fused-ring (bicyclic) bond motifs is 1. The van der Waals surface area contributed by atoms with Gasteiger partial charge in [-0.05, 0) is 71.6 Å². The molecule has 2 aromatic carbocycles. The number of rotatable bonds is 8. The minimum absolute atomic E-state index is 0.405. The SMILES string of the molecule is COc1cc(OCc2ccccn2)ccc1C=Cc1cc(C=Cc2ccc3cc[nH]c3c2)n(C)n1. The third-order valence-corrected chi connectivity index (χ3v) is 5.71. The first kappa shape index (κ1) is 22.2. The summed E-state index contributed by atoms with van der Waals surface area (Å²) in [5.74, 6) is 1.46. The Balaban J connectivity index is 1.28. The van der Waals surface area contributed by atoms with Gasteiger partial charge in [-0.15, -0.1) is 0 Å². The normalized spacial score (nSPS) is 11.6. The lowest BCUT2D eigenvalue weighted by atomic mass is 10.1. The van der Waals surface area contributed by atoms with Crippen molar-refractivity contribution in [3.8, 4) is 11.5 Å². The fraction of sp³-hybridized carbons (Fsp3) is 0.103. The molecule has 3 heterocycles. The number of ether oxygens (including phenoxy) is 2. The van der Waals surface area contributed by atoms with Gasteiger partial charge in [0.15, 0.2) is 0 Å². The first-order chi connectivity index (χ1) is 17.2. The molecule has 0 bridgehead atoms. The predicted octanol–water partition coefficient (Wildman–Crippen LogP) is 6.22. The van der Waals surface area contributed by atoms with E-state index in [9.17, 15) is 0 Å². The summed E-state index contributed by atoms with van der Waals surface area (Å²) < 4.78 is 13.3. The van der Waals surface area contributed by atoms with E-state index in [1.165, 1.54) is 5.39 Å². The number of hydrogen-bond acceptors (Lipinski definition) is 4. The highest BCUT2D eigenvalue weighted by molar-refractivity contribution is 5.83. The third-order valence-electron chi connectivity index (χ3n) is 5.71. The molecule has 0 atom stereocenters. The molecule has 174 valence electrons. The molecule has 0 spiro atoms. The van der Waals surface area contributed by atoms with Gasteiger partial charge in [-0.3, -0.25) is 9.67 Å². The van der Waals surface area contributed by atoms with E-state index in [1.807, 2.05) is 66.5 Å². The summed E-state index contributed by atoms with van der Waals surface area (Å²) in [6.07, 6.45) is 11.9. The quantitative estimate of drug-likeness (QED) is 0.297. The van der Waals surface area contributed by atoms with Crippen LogP contribution in [0.3, 0.4) is 0 Å². The van der Waals surface area contributed by atoms with E-state index in [0.29, 0.717) is 6.61 Å². The van der Waals surface area contributed by atoms with Gasteiger partial charge in [0.2, 0.25) is 0 Å². The molecular weight excluding hydrogens is 436 g/mol. The lowest BCUT2D eigenvalue weighted by molar-refractivity contribution is 0.299. The lowest BCUT2D eigenvalue weighted by Crippen LogP contribution is -1.98. The number of aromatic amines is 1. The van der Waals surface area contributed by atoms with Gasteiger partial charge in [0.05, 0.1) is 24.2 Å². The molecule has 0 saturated heterocycles. The molecule has 3 aromatic heterocycles. The molecule has 0 aliphatic carbocycles. The average molecular weight is 463 g/mol. The second-order valence-corrected chi connectivity index (χ2v) is 8.12. The summed E-state index contributed by atoms with van der Waals surface area (Å²) in [5, 5.41) is 5.82.